The van der Waals surface area contributed by atoms with Crippen LogP contribution >= 0.6 is 0 Å². The fraction of sp³-hybridized carbons (Fsp3) is 0.167. The summed E-state index contributed by atoms with van der Waals surface area (Å²) in [4.78, 5) is 4.14. The molecule has 0 fully saturated rings. The second-order valence-corrected chi connectivity index (χ2v) is 3.50. The third kappa shape index (κ3) is 3.00. The molecule has 0 aliphatic carbocycles. The first-order valence-electron chi connectivity index (χ1n) is 5.39. The Morgan fingerprint density at radius 2 is 2.06 bits per heavy atom. The van der Waals surface area contributed by atoms with Crippen LogP contribution in [0.1, 0.15) is 12.6 Å². The van der Waals surface area contributed by atoms with E-state index in [-0.39, 0.29) is 6.01 Å². The van der Waals surface area contributed by atoms with Gasteiger partial charge >= 0.3 is 6.01 Å². The summed E-state index contributed by atoms with van der Waals surface area (Å²) in [5.41, 5.74) is 5.16. The molecule has 0 saturated carbocycles. The van der Waals surface area contributed by atoms with Crippen LogP contribution in [0.5, 0.6) is 6.01 Å². The fourth-order valence-electron chi connectivity index (χ4n) is 1.27. The summed E-state index contributed by atoms with van der Waals surface area (Å²) in [5.74, 6) is 0. The van der Waals surface area contributed by atoms with Crippen molar-refractivity contribution in [1.82, 2.24) is 15.2 Å². The Morgan fingerprint density at radius 3 is 2.78 bits per heavy atom. The Balaban J connectivity index is 2.12. The van der Waals surface area contributed by atoms with Crippen molar-refractivity contribution in [2.45, 2.75) is 6.92 Å². The van der Waals surface area contributed by atoms with Crippen molar-refractivity contribution >= 4 is 11.4 Å². The van der Waals surface area contributed by atoms with E-state index in [4.69, 9.17) is 4.74 Å². The number of hydrogen-bond donors (Lipinski definition) is 1. The molecule has 0 unspecified atom stereocenters. The van der Waals surface area contributed by atoms with Crippen molar-refractivity contribution in [3.05, 3.63) is 42.2 Å². The summed E-state index contributed by atoms with van der Waals surface area (Å²) >= 11 is 0. The molecule has 92 valence electrons. The largest absolute Gasteiger partial charge is 0.466 e. The predicted octanol–water partition coefficient (Wildman–Crippen LogP) is 1.72. The Bertz CT molecular complexity index is 541. The highest BCUT2D eigenvalue weighted by Crippen LogP contribution is 2.06. The van der Waals surface area contributed by atoms with Crippen LogP contribution in [0, 0.1) is 0 Å². The van der Waals surface area contributed by atoms with E-state index >= 15 is 0 Å². The van der Waals surface area contributed by atoms with Gasteiger partial charge in [0.05, 0.1) is 24.7 Å². The normalized spacial score (nSPS) is 11.1. The first-order valence-corrected chi connectivity index (χ1v) is 5.39. The molecular formula is C12H13N5O. The van der Waals surface area contributed by atoms with Gasteiger partial charge in [-0.05, 0) is 19.1 Å². The van der Waals surface area contributed by atoms with Crippen LogP contribution in [0.4, 0.5) is 5.69 Å². The zero-order valence-electron chi connectivity index (χ0n) is 10.2. The van der Waals surface area contributed by atoms with Gasteiger partial charge in [0.15, 0.2) is 0 Å². The van der Waals surface area contributed by atoms with Crippen LogP contribution in [-0.2, 0) is 0 Å². The maximum Gasteiger partial charge on any atom is 0.336 e. The van der Waals surface area contributed by atoms with Gasteiger partial charge in [0.1, 0.15) is 5.69 Å². The monoisotopic (exact) mass is 243 g/mol. The van der Waals surface area contributed by atoms with E-state index < -0.39 is 0 Å². The molecule has 2 rings (SSSR count). The number of hydrogen-bond acceptors (Lipinski definition) is 6. The predicted molar refractivity (Wildman–Crippen MR) is 68.7 cm³/mol. The Morgan fingerprint density at radius 1 is 1.28 bits per heavy atom. The molecular weight excluding hydrogens is 230 g/mol. The van der Waals surface area contributed by atoms with E-state index in [1.54, 1.807) is 0 Å². The molecule has 2 aromatic rings. The van der Waals surface area contributed by atoms with E-state index in [0.29, 0.717) is 11.4 Å². The quantitative estimate of drug-likeness (QED) is 0.653. The first-order chi connectivity index (χ1) is 8.79. The second-order valence-electron chi connectivity index (χ2n) is 3.50. The van der Waals surface area contributed by atoms with E-state index in [9.17, 15) is 0 Å². The minimum atomic E-state index is 0.224. The number of nitrogens with zero attached hydrogens (tertiary/aromatic N) is 4. The first kappa shape index (κ1) is 12.0. The molecule has 18 heavy (non-hydrogen) atoms. The zero-order valence-corrected chi connectivity index (χ0v) is 10.2. The number of anilines is 1. The Labute approximate surface area is 105 Å². The Hall–Kier alpha value is -2.50. The molecule has 6 heteroatoms. The lowest BCUT2D eigenvalue weighted by atomic mass is 10.3. The maximum atomic E-state index is 4.91. The third-order valence-corrected chi connectivity index (χ3v) is 2.22. The molecule has 0 aliphatic heterocycles. The molecule has 0 spiro atoms. The molecule has 1 aromatic heterocycles. The Kier molecular flexibility index (Phi) is 3.80. The SMILES string of the molecule is COc1nncc(/C(C)=N\Nc2ccccc2)n1. The summed E-state index contributed by atoms with van der Waals surface area (Å²) in [7, 11) is 1.50. The minimum absolute atomic E-state index is 0.224. The molecule has 1 N–H and O–H groups in total. The molecule has 1 aromatic carbocycles. The third-order valence-electron chi connectivity index (χ3n) is 2.22. The van der Waals surface area contributed by atoms with Gasteiger partial charge in [-0.1, -0.05) is 23.3 Å². The highest BCUT2D eigenvalue weighted by molar-refractivity contribution is 5.97. The average molecular weight is 243 g/mol. The lowest BCUT2D eigenvalue weighted by Gasteiger charge is -2.03. The molecule has 0 atom stereocenters. The van der Waals surface area contributed by atoms with Crippen molar-refractivity contribution in [3.8, 4) is 6.01 Å². The van der Waals surface area contributed by atoms with Gasteiger partial charge in [0.2, 0.25) is 0 Å². The van der Waals surface area contributed by atoms with E-state index in [1.165, 1.54) is 13.3 Å². The smallest absolute Gasteiger partial charge is 0.336 e. The molecule has 0 bridgehead atoms. The topological polar surface area (TPSA) is 72.3 Å². The lowest BCUT2D eigenvalue weighted by Crippen LogP contribution is -2.05. The molecule has 0 aliphatic rings. The highest BCUT2D eigenvalue weighted by Gasteiger charge is 2.03. The number of nitrogens with one attached hydrogen (secondary N) is 1. The molecule has 0 saturated heterocycles. The van der Waals surface area contributed by atoms with Crippen LogP contribution < -0.4 is 10.2 Å². The number of para-hydroxylation sites is 1. The van der Waals surface area contributed by atoms with Crippen molar-refractivity contribution in [3.63, 3.8) is 0 Å². The summed E-state index contributed by atoms with van der Waals surface area (Å²) < 4.78 is 4.91. The summed E-state index contributed by atoms with van der Waals surface area (Å²) in [6.07, 6.45) is 1.54. The van der Waals surface area contributed by atoms with Gasteiger partial charge in [-0.3, -0.25) is 5.43 Å². The van der Waals surface area contributed by atoms with Gasteiger partial charge in [-0.2, -0.15) is 15.2 Å². The fourth-order valence-corrected chi connectivity index (χ4v) is 1.27. The second kappa shape index (κ2) is 5.72. The van der Waals surface area contributed by atoms with E-state index in [0.717, 1.165) is 5.69 Å². The van der Waals surface area contributed by atoms with E-state index in [1.807, 2.05) is 37.3 Å². The standard InChI is InChI=1S/C12H13N5O/c1-9(11-8-13-17-12(14-11)18-2)15-16-10-6-4-3-5-7-10/h3-8,16H,1-2H3/b15-9-. The van der Waals surface area contributed by atoms with Crippen molar-refractivity contribution in [2.75, 3.05) is 12.5 Å². The summed E-state index contributed by atoms with van der Waals surface area (Å²) in [6.45, 7) is 1.83. The molecule has 1 heterocycles. The van der Waals surface area contributed by atoms with E-state index in [2.05, 4.69) is 25.7 Å². The lowest BCUT2D eigenvalue weighted by molar-refractivity contribution is 0.373. The average Bonchev–Trinajstić information content (AvgIpc) is 2.46. The number of rotatable bonds is 4. The number of hydrazone groups is 1. The van der Waals surface area contributed by atoms with Crippen LogP contribution in [-0.4, -0.2) is 28.0 Å². The number of ether oxygens (including phenoxy) is 1. The van der Waals surface area contributed by atoms with Crippen LogP contribution in [0.15, 0.2) is 41.6 Å². The van der Waals surface area contributed by atoms with Crippen molar-refractivity contribution < 1.29 is 4.74 Å². The van der Waals surface area contributed by atoms with Crippen LogP contribution in [0.25, 0.3) is 0 Å². The van der Waals surface area contributed by atoms with Crippen LogP contribution in [0.2, 0.25) is 0 Å². The number of aromatic nitrogens is 3. The van der Waals surface area contributed by atoms with Crippen LogP contribution in [0.3, 0.4) is 0 Å². The summed E-state index contributed by atoms with van der Waals surface area (Å²) in [5, 5.41) is 11.7. The van der Waals surface area contributed by atoms with Gasteiger partial charge < -0.3 is 4.74 Å². The minimum Gasteiger partial charge on any atom is -0.466 e. The molecule has 6 nitrogen and oxygen atoms in total. The molecule has 0 radical (unpaired) electrons. The van der Waals surface area contributed by atoms with Gasteiger partial charge in [-0.15, -0.1) is 0 Å². The molecule has 0 amide bonds. The van der Waals surface area contributed by atoms with Gasteiger partial charge in [0, 0.05) is 0 Å². The maximum absolute atomic E-state index is 4.91. The van der Waals surface area contributed by atoms with Gasteiger partial charge in [0.25, 0.3) is 0 Å². The number of methoxy groups -OCH3 is 1. The van der Waals surface area contributed by atoms with Crippen molar-refractivity contribution in [2.24, 2.45) is 5.10 Å². The highest BCUT2D eigenvalue weighted by atomic mass is 16.5. The number of benzene rings is 1. The zero-order chi connectivity index (χ0) is 12.8. The van der Waals surface area contributed by atoms with Crippen molar-refractivity contribution in [1.29, 1.82) is 0 Å². The van der Waals surface area contributed by atoms with Gasteiger partial charge in [-0.25, -0.2) is 0 Å². The summed E-state index contributed by atoms with van der Waals surface area (Å²) in [6, 6.07) is 9.89.